The first-order valence-corrected chi connectivity index (χ1v) is 9.44. The summed E-state index contributed by atoms with van der Waals surface area (Å²) in [6.07, 6.45) is 4.05. The Labute approximate surface area is 155 Å². The fourth-order valence-electron chi connectivity index (χ4n) is 3.16. The first-order valence-electron chi connectivity index (χ1n) is 8.65. The molecule has 0 bridgehead atoms. The van der Waals surface area contributed by atoms with Gasteiger partial charge in [0.2, 0.25) is 0 Å². The van der Waals surface area contributed by atoms with E-state index in [0.717, 1.165) is 71.0 Å². The van der Waals surface area contributed by atoms with Crippen LogP contribution < -0.4 is 11.2 Å². The summed E-state index contributed by atoms with van der Waals surface area (Å²) in [5.41, 5.74) is 11.9. The van der Waals surface area contributed by atoms with Gasteiger partial charge in [-0.15, -0.1) is 0 Å². The Morgan fingerprint density at radius 2 is 2.12 bits per heavy atom. The van der Waals surface area contributed by atoms with Crippen LogP contribution in [0.15, 0.2) is 22.7 Å². The van der Waals surface area contributed by atoms with Crippen molar-refractivity contribution >= 4 is 43.7 Å². The number of anilines is 1. The molecule has 3 aromatic rings. The van der Waals surface area contributed by atoms with Crippen LogP contribution in [-0.4, -0.2) is 28.2 Å². The number of hydroxylamine groups is 1. The van der Waals surface area contributed by atoms with Crippen molar-refractivity contribution in [2.75, 3.05) is 19.4 Å². The Kier molecular flexibility index (Phi) is 5.88. The maximum atomic E-state index is 6.22. The van der Waals surface area contributed by atoms with Crippen LogP contribution in [0.1, 0.15) is 32.0 Å². The summed E-state index contributed by atoms with van der Waals surface area (Å²) in [7, 11) is 1.64. The van der Waals surface area contributed by atoms with Gasteiger partial charge in [0.15, 0.2) is 5.82 Å². The zero-order valence-electron chi connectivity index (χ0n) is 14.7. The third-order valence-electron chi connectivity index (χ3n) is 4.27. The molecule has 3 rings (SSSR count). The maximum absolute atomic E-state index is 6.22. The average Bonchev–Trinajstić information content (AvgIpc) is 2.94. The average molecular weight is 406 g/mol. The van der Waals surface area contributed by atoms with Crippen molar-refractivity contribution in [3.8, 4) is 0 Å². The van der Waals surface area contributed by atoms with Crippen molar-refractivity contribution in [2.24, 2.45) is 0 Å². The van der Waals surface area contributed by atoms with Gasteiger partial charge in [-0.25, -0.2) is 15.4 Å². The van der Waals surface area contributed by atoms with Gasteiger partial charge in [-0.1, -0.05) is 22.9 Å². The number of pyridine rings is 1. The van der Waals surface area contributed by atoms with E-state index < -0.39 is 0 Å². The van der Waals surface area contributed by atoms with Crippen LogP contribution in [0, 0.1) is 0 Å². The predicted molar refractivity (Wildman–Crippen MR) is 105 cm³/mol. The Hall–Kier alpha value is -1.70. The zero-order chi connectivity index (χ0) is 17.8. The lowest BCUT2D eigenvalue weighted by atomic mass is 10.2. The van der Waals surface area contributed by atoms with Gasteiger partial charge in [0.25, 0.3) is 0 Å². The number of aromatic nitrogens is 3. The van der Waals surface area contributed by atoms with Crippen LogP contribution in [0.5, 0.6) is 0 Å². The summed E-state index contributed by atoms with van der Waals surface area (Å²) in [6, 6.07) is 6.14. The van der Waals surface area contributed by atoms with E-state index in [1.807, 2.05) is 12.1 Å². The van der Waals surface area contributed by atoms with E-state index in [1.54, 1.807) is 7.11 Å². The minimum Gasteiger partial charge on any atom is -0.382 e. The van der Waals surface area contributed by atoms with E-state index in [1.165, 1.54) is 0 Å². The second-order valence-corrected chi connectivity index (χ2v) is 7.01. The molecule has 0 aliphatic heterocycles. The molecule has 0 aliphatic rings. The Morgan fingerprint density at radius 1 is 1.28 bits per heavy atom. The first kappa shape index (κ1) is 18.1. The molecular formula is C18H24BrN5O. The smallest absolute Gasteiger partial charge is 0.152 e. The third-order valence-corrected chi connectivity index (χ3v) is 4.77. The molecule has 0 spiro atoms. The van der Waals surface area contributed by atoms with Crippen LogP contribution >= 0.6 is 15.9 Å². The third kappa shape index (κ3) is 3.78. The van der Waals surface area contributed by atoms with Gasteiger partial charge in [0.05, 0.1) is 18.1 Å². The number of halogens is 1. The van der Waals surface area contributed by atoms with Crippen LogP contribution in [0.4, 0.5) is 5.82 Å². The van der Waals surface area contributed by atoms with Crippen molar-refractivity contribution in [1.29, 1.82) is 0 Å². The van der Waals surface area contributed by atoms with Crippen molar-refractivity contribution in [1.82, 2.24) is 20.0 Å². The van der Waals surface area contributed by atoms with Crippen molar-refractivity contribution in [3.05, 3.63) is 28.5 Å². The number of rotatable bonds is 8. The molecular weight excluding hydrogens is 382 g/mol. The standard InChI is InChI=1S/C18H24BrN5O/c1-3-6-15-23-16-17(24(15)10-5-4-9-21-25-2)13-8-7-12(19)11-14(13)22-18(16)20/h7-8,11,21H,3-6,9-10H2,1-2H3,(H2,20,22). The number of hydrogen-bond donors (Lipinski definition) is 2. The highest BCUT2D eigenvalue weighted by atomic mass is 79.9. The molecule has 0 unspecified atom stereocenters. The number of fused-ring (bicyclic) bond motifs is 3. The van der Waals surface area contributed by atoms with E-state index in [4.69, 9.17) is 15.6 Å². The lowest BCUT2D eigenvalue weighted by Gasteiger charge is -2.11. The summed E-state index contributed by atoms with van der Waals surface area (Å²) in [5.74, 6) is 1.58. The number of nitrogens with zero attached hydrogens (tertiary/aromatic N) is 3. The van der Waals surface area contributed by atoms with Gasteiger partial charge < -0.3 is 15.1 Å². The molecule has 134 valence electrons. The normalized spacial score (nSPS) is 11.6. The van der Waals surface area contributed by atoms with Gasteiger partial charge in [0, 0.05) is 29.4 Å². The number of imidazole rings is 1. The lowest BCUT2D eigenvalue weighted by Crippen LogP contribution is -2.14. The van der Waals surface area contributed by atoms with Gasteiger partial charge in [0.1, 0.15) is 11.3 Å². The summed E-state index contributed by atoms with van der Waals surface area (Å²) in [4.78, 5) is 14.3. The monoisotopic (exact) mass is 405 g/mol. The van der Waals surface area contributed by atoms with E-state index >= 15 is 0 Å². The number of nitrogens with one attached hydrogen (secondary N) is 1. The maximum Gasteiger partial charge on any atom is 0.152 e. The van der Waals surface area contributed by atoms with E-state index in [-0.39, 0.29) is 0 Å². The van der Waals surface area contributed by atoms with Gasteiger partial charge in [-0.3, -0.25) is 0 Å². The molecule has 6 nitrogen and oxygen atoms in total. The summed E-state index contributed by atoms with van der Waals surface area (Å²) < 4.78 is 3.32. The number of nitrogen functional groups attached to an aromatic ring is 1. The highest BCUT2D eigenvalue weighted by molar-refractivity contribution is 9.10. The van der Waals surface area contributed by atoms with Crippen LogP contribution in [0.25, 0.3) is 21.9 Å². The van der Waals surface area contributed by atoms with Crippen molar-refractivity contribution in [2.45, 2.75) is 39.2 Å². The summed E-state index contributed by atoms with van der Waals surface area (Å²) in [5, 5.41) is 1.09. The minimum atomic E-state index is 0.498. The fourth-order valence-corrected chi connectivity index (χ4v) is 3.50. The molecule has 0 fully saturated rings. The summed E-state index contributed by atoms with van der Waals surface area (Å²) in [6.45, 7) is 3.92. The van der Waals surface area contributed by atoms with Crippen molar-refractivity contribution in [3.63, 3.8) is 0 Å². The van der Waals surface area contributed by atoms with E-state index in [0.29, 0.717) is 5.82 Å². The van der Waals surface area contributed by atoms with Crippen LogP contribution in [-0.2, 0) is 17.8 Å². The van der Waals surface area contributed by atoms with Crippen LogP contribution in [0.3, 0.4) is 0 Å². The number of hydrogen-bond acceptors (Lipinski definition) is 5. The summed E-state index contributed by atoms with van der Waals surface area (Å²) >= 11 is 3.51. The number of aryl methyl sites for hydroxylation is 2. The van der Waals surface area contributed by atoms with Gasteiger partial charge in [-0.2, -0.15) is 0 Å². The fraction of sp³-hybridized carbons (Fsp3) is 0.444. The molecule has 0 radical (unpaired) electrons. The quantitative estimate of drug-likeness (QED) is 0.439. The van der Waals surface area contributed by atoms with Crippen LogP contribution in [0.2, 0.25) is 0 Å². The highest BCUT2D eigenvalue weighted by Crippen LogP contribution is 2.31. The molecule has 0 atom stereocenters. The first-order chi connectivity index (χ1) is 12.2. The number of unbranched alkanes of at least 4 members (excludes halogenated alkanes) is 1. The SMILES string of the molecule is CCCc1nc2c(N)nc3cc(Br)ccc3c2n1CCCCNOC. The molecule has 2 aromatic heterocycles. The molecule has 0 aliphatic carbocycles. The van der Waals surface area contributed by atoms with Gasteiger partial charge >= 0.3 is 0 Å². The molecule has 1 aromatic carbocycles. The Bertz CT molecular complexity index is 877. The topological polar surface area (TPSA) is 78.0 Å². The number of benzene rings is 1. The molecule has 25 heavy (non-hydrogen) atoms. The minimum absolute atomic E-state index is 0.498. The van der Waals surface area contributed by atoms with Gasteiger partial charge in [-0.05, 0) is 37.5 Å². The Balaban J connectivity index is 2.07. The zero-order valence-corrected chi connectivity index (χ0v) is 16.3. The Morgan fingerprint density at radius 3 is 2.88 bits per heavy atom. The van der Waals surface area contributed by atoms with E-state index in [2.05, 4.69) is 44.0 Å². The lowest BCUT2D eigenvalue weighted by molar-refractivity contribution is 0.0903. The molecule has 0 saturated heterocycles. The predicted octanol–water partition coefficient (Wildman–Crippen LogP) is 3.81. The molecule has 0 amide bonds. The second-order valence-electron chi connectivity index (χ2n) is 6.09. The van der Waals surface area contributed by atoms with Crippen molar-refractivity contribution < 1.29 is 4.84 Å². The number of nitrogens with two attached hydrogens (primary N) is 1. The molecule has 0 saturated carbocycles. The highest BCUT2D eigenvalue weighted by Gasteiger charge is 2.16. The largest absolute Gasteiger partial charge is 0.382 e. The molecule has 3 N–H and O–H groups in total. The molecule has 7 heteroatoms. The second kappa shape index (κ2) is 8.12. The van der Waals surface area contributed by atoms with E-state index in [9.17, 15) is 0 Å². The molecule has 2 heterocycles.